The number of nitrogens with two attached hydrogens (primary N) is 1. The molecule has 4 atom stereocenters. The molecule has 1 unspecified atom stereocenters. The van der Waals surface area contributed by atoms with Gasteiger partial charge in [0.15, 0.2) is 0 Å². The average molecular weight is 434 g/mol. The summed E-state index contributed by atoms with van der Waals surface area (Å²) in [5.41, 5.74) is 5.83. The summed E-state index contributed by atoms with van der Waals surface area (Å²) in [5.74, 6) is -0.835. The average Bonchev–Trinajstić information content (AvgIpc) is 2.62. The lowest BCUT2D eigenvalue weighted by Gasteiger charge is -2.26. The summed E-state index contributed by atoms with van der Waals surface area (Å²) in [6.45, 7) is 7.11. The van der Waals surface area contributed by atoms with Gasteiger partial charge in [0.1, 0.15) is 6.04 Å². The number of aliphatic hydroxyl groups excluding tert-OH is 1. The van der Waals surface area contributed by atoms with E-state index >= 15 is 0 Å². The van der Waals surface area contributed by atoms with Crippen LogP contribution in [0.2, 0.25) is 0 Å². The molecule has 0 radical (unpaired) electrons. The molecule has 170 valence electrons. The van der Waals surface area contributed by atoms with Crippen LogP contribution >= 0.6 is 7.37 Å². The Kier molecular flexibility index (Phi) is 10.8. The lowest BCUT2D eigenvalue weighted by atomic mass is 9.91. The summed E-state index contributed by atoms with van der Waals surface area (Å²) < 4.78 is 12.5. The van der Waals surface area contributed by atoms with Crippen LogP contribution in [-0.4, -0.2) is 58.9 Å². The Morgan fingerprint density at radius 1 is 1.07 bits per heavy atom. The second kappa shape index (κ2) is 12.0. The normalized spacial score (nSPS) is 20.7. The third-order valence-electron chi connectivity index (χ3n) is 5.54. The minimum atomic E-state index is -3.45. The topological polar surface area (TPSA) is 142 Å². The van der Waals surface area contributed by atoms with Gasteiger partial charge in [0.25, 0.3) is 0 Å². The van der Waals surface area contributed by atoms with E-state index in [0.717, 1.165) is 25.7 Å². The monoisotopic (exact) mass is 433 g/mol. The molecule has 1 aliphatic carbocycles. The van der Waals surface area contributed by atoms with Crippen molar-refractivity contribution in [3.8, 4) is 0 Å². The second-order valence-electron chi connectivity index (χ2n) is 9.11. The van der Waals surface area contributed by atoms with E-state index in [0.29, 0.717) is 0 Å². The van der Waals surface area contributed by atoms with Gasteiger partial charge in [0.2, 0.25) is 19.2 Å². The highest BCUT2D eigenvalue weighted by Gasteiger charge is 2.30. The number of hydrogen-bond acceptors (Lipinski definition) is 5. The first-order valence-corrected chi connectivity index (χ1v) is 12.8. The van der Waals surface area contributed by atoms with Crippen LogP contribution in [0.25, 0.3) is 0 Å². The van der Waals surface area contributed by atoms with Gasteiger partial charge in [-0.3, -0.25) is 14.2 Å². The van der Waals surface area contributed by atoms with Crippen LogP contribution < -0.4 is 16.4 Å². The van der Waals surface area contributed by atoms with E-state index in [2.05, 4.69) is 10.6 Å². The molecule has 1 rings (SSSR count). The maximum absolute atomic E-state index is 12.5. The fraction of sp³-hybridized carbons (Fsp3) is 0.900. The summed E-state index contributed by atoms with van der Waals surface area (Å²) in [6.07, 6.45) is 4.17. The zero-order valence-corrected chi connectivity index (χ0v) is 19.2. The van der Waals surface area contributed by atoms with Crippen molar-refractivity contribution in [1.82, 2.24) is 10.6 Å². The van der Waals surface area contributed by atoms with Crippen molar-refractivity contribution in [3.05, 3.63) is 0 Å². The molecule has 0 spiro atoms. The number of carbonyl (C=O) groups excluding carboxylic acids is 2. The molecule has 1 saturated carbocycles. The Balaban J connectivity index is 2.52. The van der Waals surface area contributed by atoms with Crippen LogP contribution in [0, 0.1) is 17.8 Å². The second-order valence-corrected chi connectivity index (χ2v) is 11.5. The molecule has 2 amide bonds. The zero-order valence-electron chi connectivity index (χ0n) is 18.3. The van der Waals surface area contributed by atoms with Gasteiger partial charge in [-0.2, -0.15) is 0 Å². The van der Waals surface area contributed by atoms with Gasteiger partial charge < -0.3 is 26.4 Å². The first-order chi connectivity index (χ1) is 13.4. The molecule has 0 saturated heterocycles. The number of amides is 2. The van der Waals surface area contributed by atoms with Gasteiger partial charge in [-0.05, 0) is 30.6 Å². The quantitative estimate of drug-likeness (QED) is 0.312. The van der Waals surface area contributed by atoms with Crippen molar-refractivity contribution >= 4 is 19.2 Å². The molecule has 0 bridgehead atoms. The van der Waals surface area contributed by atoms with Crippen LogP contribution in [0.3, 0.4) is 0 Å². The molecule has 29 heavy (non-hydrogen) atoms. The van der Waals surface area contributed by atoms with Gasteiger partial charge >= 0.3 is 0 Å². The van der Waals surface area contributed by atoms with Crippen molar-refractivity contribution in [2.24, 2.45) is 23.5 Å². The maximum Gasteiger partial charge on any atom is 0.242 e. The molecule has 0 aromatic heterocycles. The Bertz CT molecular complexity index is 578. The largest absolute Gasteiger partial charge is 0.391 e. The molecular weight excluding hydrogens is 393 g/mol. The summed E-state index contributed by atoms with van der Waals surface area (Å²) in [7, 11) is -3.45. The third kappa shape index (κ3) is 9.60. The molecule has 1 aliphatic rings. The van der Waals surface area contributed by atoms with Crippen molar-refractivity contribution in [1.29, 1.82) is 0 Å². The number of nitrogens with one attached hydrogen (secondary N) is 2. The Hall–Kier alpha value is -0.950. The number of hydrogen-bond donors (Lipinski definition) is 5. The molecule has 8 nitrogen and oxygen atoms in total. The maximum atomic E-state index is 12.5. The first-order valence-electron chi connectivity index (χ1n) is 10.8. The van der Waals surface area contributed by atoms with Gasteiger partial charge in [-0.1, -0.05) is 47.0 Å². The highest BCUT2D eigenvalue weighted by Crippen LogP contribution is 2.45. The van der Waals surface area contributed by atoms with Crippen LogP contribution in [0.1, 0.15) is 59.8 Å². The van der Waals surface area contributed by atoms with Gasteiger partial charge in [-0.25, -0.2) is 0 Å². The Morgan fingerprint density at radius 2 is 1.66 bits per heavy atom. The minimum Gasteiger partial charge on any atom is -0.391 e. The van der Waals surface area contributed by atoms with Crippen LogP contribution in [0.15, 0.2) is 0 Å². The van der Waals surface area contributed by atoms with E-state index in [1.165, 1.54) is 6.42 Å². The minimum absolute atomic E-state index is 0.0597. The third-order valence-corrected chi connectivity index (χ3v) is 7.62. The molecule has 6 N–H and O–H groups in total. The smallest absolute Gasteiger partial charge is 0.242 e. The summed E-state index contributed by atoms with van der Waals surface area (Å²) in [5, 5.41) is 15.4. The molecule has 0 heterocycles. The van der Waals surface area contributed by atoms with E-state index in [4.69, 9.17) is 5.73 Å². The summed E-state index contributed by atoms with van der Waals surface area (Å²) in [6, 6.07) is -1.50. The first kappa shape index (κ1) is 26.1. The molecular formula is C20H40N3O5P. The SMILES string of the molecule is CC(C)[C@H](N)C(=O)N[C@H](C(=O)NC[C@@H](O)CP(=O)(O)CC1CCCCC1)C(C)C. The van der Waals surface area contributed by atoms with Gasteiger partial charge in [0, 0.05) is 12.7 Å². The lowest BCUT2D eigenvalue weighted by molar-refractivity contribution is -0.131. The Labute approximate surface area is 174 Å². The van der Waals surface area contributed by atoms with Crippen LogP contribution in [0.4, 0.5) is 0 Å². The predicted molar refractivity (Wildman–Crippen MR) is 115 cm³/mol. The lowest BCUT2D eigenvalue weighted by Crippen LogP contribution is -2.55. The van der Waals surface area contributed by atoms with Crippen molar-refractivity contribution in [2.45, 2.75) is 78.0 Å². The highest BCUT2D eigenvalue weighted by atomic mass is 31.2. The van der Waals surface area contributed by atoms with Crippen LogP contribution in [-0.2, 0) is 14.2 Å². The summed E-state index contributed by atoms with van der Waals surface area (Å²) >= 11 is 0. The molecule has 0 aliphatic heterocycles. The van der Waals surface area contributed by atoms with E-state index in [-0.39, 0.29) is 36.6 Å². The molecule has 9 heteroatoms. The fourth-order valence-corrected chi connectivity index (χ4v) is 5.77. The van der Waals surface area contributed by atoms with Crippen LogP contribution in [0.5, 0.6) is 0 Å². The van der Waals surface area contributed by atoms with E-state index in [9.17, 15) is 24.2 Å². The zero-order chi connectivity index (χ0) is 22.2. The van der Waals surface area contributed by atoms with E-state index in [1.807, 2.05) is 13.8 Å². The van der Waals surface area contributed by atoms with Gasteiger partial charge in [0.05, 0.1) is 18.3 Å². The van der Waals surface area contributed by atoms with Crippen molar-refractivity contribution in [3.63, 3.8) is 0 Å². The standard InChI is InChI=1S/C20H40N3O5P/c1-13(2)17(21)19(25)23-18(14(3)4)20(26)22-10-16(24)12-29(27,28)11-15-8-6-5-7-9-15/h13-18,24H,5-12,21H2,1-4H3,(H,22,26)(H,23,25)(H,27,28)/t16-,17+,18+/m1/s1. The molecule has 0 aromatic carbocycles. The van der Waals surface area contributed by atoms with Gasteiger partial charge in [-0.15, -0.1) is 0 Å². The predicted octanol–water partition coefficient (Wildman–Crippen LogP) is 1.44. The molecule has 1 fully saturated rings. The van der Waals surface area contributed by atoms with E-state index < -0.39 is 37.4 Å². The Morgan fingerprint density at radius 3 is 2.17 bits per heavy atom. The van der Waals surface area contributed by atoms with E-state index in [1.54, 1.807) is 13.8 Å². The van der Waals surface area contributed by atoms with Crippen molar-refractivity contribution < 1.29 is 24.2 Å². The number of aliphatic hydroxyl groups is 1. The molecule has 0 aromatic rings. The number of rotatable bonds is 11. The van der Waals surface area contributed by atoms with Crippen molar-refractivity contribution in [2.75, 3.05) is 18.9 Å². The summed E-state index contributed by atoms with van der Waals surface area (Å²) in [4.78, 5) is 34.9. The highest BCUT2D eigenvalue weighted by molar-refractivity contribution is 7.58. The number of carbonyl (C=O) groups is 2. The fourth-order valence-electron chi connectivity index (χ4n) is 3.66.